The first kappa shape index (κ1) is 14.9. The summed E-state index contributed by atoms with van der Waals surface area (Å²) in [7, 11) is 0. The maximum atomic E-state index is 12.3. The summed E-state index contributed by atoms with van der Waals surface area (Å²) in [5.74, 6) is -1.22. The van der Waals surface area contributed by atoms with Crippen LogP contribution in [0.15, 0.2) is 29.2 Å². The molecule has 4 nitrogen and oxygen atoms in total. The maximum Gasteiger partial charge on any atom is 0.326 e. The number of benzene rings is 1. The highest BCUT2D eigenvalue weighted by Crippen LogP contribution is 2.36. The fraction of sp³-hybridized carbons (Fsp3) is 0.467. The highest BCUT2D eigenvalue weighted by atomic mass is 32.2. The molecule has 0 aliphatic carbocycles. The van der Waals surface area contributed by atoms with Crippen molar-refractivity contribution in [2.45, 2.75) is 42.9 Å². The van der Waals surface area contributed by atoms with Gasteiger partial charge >= 0.3 is 5.97 Å². The molecule has 1 aromatic rings. The average Bonchev–Trinajstić information content (AvgIpc) is 2.87. The van der Waals surface area contributed by atoms with E-state index in [9.17, 15) is 14.7 Å². The molecule has 1 amide bonds. The van der Waals surface area contributed by atoms with Crippen LogP contribution >= 0.6 is 11.8 Å². The van der Waals surface area contributed by atoms with Crippen LogP contribution in [0.25, 0.3) is 0 Å². The van der Waals surface area contributed by atoms with Gasteiger partial charge in [0, 0.05) is 4.90 Å². The van der Waals surface area contributed by atoms with Gasteiger partial charge in [-0.15, -0.1) is 11.8 Å². The van der Waals surface area contributed by atoms with Crippen molar-refractivity contribution >= 4 is 23.6 Å². The molecule has 2 N–H and O–H groups in total. The Kier molecular flexibility index (Phi) is 4.70. The van der Waals surface area contributed by atoms with E-state index >= 15 is 0 Å². The molecule has 0 spiro atoms. The van der Waals surface area contributed by atoms with E-state index in [1.54, 1.807) is 0 Å². The number of hydrogen-bond donors (Lipinski definition) is 2. The molecule has 5 heteroatoms. The molecule has 0 saturated carbocycles. The second-order valence-corrected chi connectivity index (χ2v) is 6.37. The minimum absolute atomic E-state index is 0.0785. The van der Waals surface area contributed by atoms with Crippen molar-refractivity contribution in [2.75, 3.05) is 0 Å². The number of carbonyl (C=O) groups is 2. The topological polar surface area (TPSA) is 66.4 Å². The number of aliphatic carboxylic acids is 1. The molecule has 3 unspecified atom stereocenters. The van der Waals surface area contributed by atoms with Crippen LogP contribution in [0.2, 0.25) is 0 Å². The van der Waals surface area contributed by atoms with Gasteiger partial charge in [0.05, 0.1) is 5.25 Å². The van der Waals surface area contributed by atoms with Crippen molar-refractivity contribution < 1.29 is 14.7 Å². The molecule has 0 radical (unpaired) electrons. The molecule has 1 heterocycles. The first-order valence-electron chi connectivity index (χ1n) is 6.80. The Morgan fingerprint density at radius 3 is 2.75 bits per heavy atom. The number of carbonyl (C=O) groups excluding carboxylic acids is 1. The lowest BCUT2D eigenvalue weighted by Gasteiger charge is -2.21. The Hall–Kier alpha value is -1.49. The zero-order chi connectivity index (χ0) is 14.7. The zero-order valence-corrected chi connectivity index (χ0v) is 12.4. The molecule has 2 rings (SSSR count). The summed E-state index contributed by atoms with van der Waals surface area (Å²) in [6, 6.07) is 7.11. The van der Waals surface area contributed by atoms with Gasteiger partial charge in [0.15, 0.2) is 0 Å². The van der Waals surface area contributed by atoms with E-state index in [1.807, 2.05) is 38.1 Å². The molecule has 1 aliphatic heterocycles. The van der Waals surface area contributed by atoms with Crippen LogP contribution in [-0.4, -0.2) is 28.3 Å². The van der Waals surface area contributed by atoms with Gasteiger partial charge in [-0.2, -0.15) is 0 Å². The second-order valence-electron chi connectivity index (χ2n) is 5.13. The van der Waals surface area contributed by atoms with Gasteiger partial charge in [0.1, 0.15) is 6.04 Å². The first-order chi connectivity index (χ1) is 9.52. The number of carboxylic acids is 1. The van der Waals surface area contributed by atoms with Crippen LogP contribution in [0.3, 0.4) is 0 Å². The first-order valence-corrected chi connectivity index (χ1v) is 7.68. The SMILES string of the molecule is CCC(C)C(NC(=O)C1Cc2ccccc2S1)C(=O)O. The van der Waals surface area contributed by atoms with E-state index in [0.717, 1.165) is 16.9 Å². The Morgan fingerprint density at radius 1 is 1.45 bits per heavy atom. The molecule has 20 heavy (non-hydrogen) atoms. The van der Waals surface area contributed by atoms with Crippen LogP contribution in [0.4, 0.5) is 0 Å². The van der Waals surface area contributed by atoms with Crippen LogP contribution in [0.5, 0.6) is 0 Å². The highest BCUT2D eigenvalue weighted by molar-refractivity contribution is 8.01. The van der Waals surface area contributed by atoms with Gasteiger partial charge in [0.25, 0.3) is 0 Å². The summed E-state index contributed by atoms with van der Waals surface area (Å²) in [5, 5.41) is 11.7. The van der Waals surface area contributed by atoms with Gasteiger partial charge in [-0.25, -0.2) is 4.79 Å². The Labute approximate surface area is 123 Å². The minimum atomic E-state index is -0.965. The zero-order valence-electron chi connectivity index (χ0n) is 11.6. The fourth-order valence-corrected chi connectivity index (χ4v) is 3.46. The van der Waals surface area contributed by atoms with Crippen LogP contribution in [0, 0.1) is 5.92 Å². The molecule has 0 aromatic heterocycles. The van der Waals surface area contributed by atoms with E-state index in [0.29, 0.717) is 6.42 Å². The van der Waals surface area contributed by atoms with Gasteiger partial charge < -0.3 is 10.4 Å². The summed E-state index contributed by atoms with van der Waals surface area (Å²) in [6.45, 7) is 3.77. The van der Waals surface area contributed by atoms with E-state index in [-0.39, 0.29) is 17.1 Å². The second kappa shape index (κ2) is 6.31. The smallest absolute Gasteiger partial charge is 0.326 e. The molecule has 0 fully saturated rings. The third-order valence-electron chi connectivity index (χ3n) is 3.72. The van der Waals surface area contributed by atoms with E-state index in [4.69, 9.17) is 0 Å². The third kappa shape index (κ3) is 3.15. The maximum absolute atomic E-state index is 12.3. The molecule has 0 bridgehead atoms. The Morgan fingerprint density at radius 2 is 2.15 bits per heavy atom. The Bertz CT molecular complexity index is 493. The molecule has 0 saturated heterocycles. The largest absolute Gasteiger partial charge is 0.480 e. The molecular weight excluding hydrogens is 274 g/mol. The van der Waals surface area contributed by atoms with Crippen molar-refractivity contribution in [3.8, 4) is 0 Å². The van der Waals surface area contributed by atoms with Crippen molar-refractivity contribution in [3.63, 3.8) is 0 Å². The standard InChI is InChI=1S/C15H19NO3S/c1-3-9(2)13(15(18)19)16-14(17)12-8-10-6-4-5-7-11(10)20-12/h4-7,9,12-13H,3,8H2,1-2H3,(H,16,17)(H,18,19). The van der Waals surface area contributed by atoms with Crippen molar-refractivity contribution in [3.05, 3.63) is 29.8 Å². The van der Waals surface area contributed by atoms with E-state index in [1.165, 1.54) is 11.8 Å². The van der Waals surface area contributed by atoms with Gasteiger partial charge in [-0.1, -0.05) is 38.5 Å². The number of hydrogen-bond acceptors (Lipinski definition) is 3. The number of fused-ring (bicyclic) bond motifs is 1. The predicted molar refractivity (Wildman–Crippen MR) is 78.8 cm³/mol. The average molecular weight is 293 g/mol. The van der Waals surface area contributed by atoms with Crippen LogP contribution < -0.4 is 5.32 Å². The predicted octanol–water partition coefficient (Wildman–Crippen LogP) is 2.32. The normalized spacial score (nSPS) is 20.0. The molecule has 108 valence electrons. The number of rotatable bonds is 5. The minimum Gasteiger partial charge on any atom is -0.480 e. The number of nitrogens with one attached hydrogen (secondary N) is 1. The number of carboxylic acid groups (broad SMARTS) is 1. The highest BCUT2D eigenvalue weighted by Gasteiger charge is 2.32. The quantitative estimate of drug-likeness (QED) is 0.874. The van der Waals surface area contributed by atoms with Crippen LogP contribution in [0.1, 0.15) is 25.8 Å². The number of amides is 1. The lowest BCUT2D eigenvalue weighted by atomic mass is 9.99. The van der Waals surface area contributed by atoms with Crippen molar-refractivity contribution in [1.82, 2.24) is 5.32 Å². The summed E-state index contributed by atoms with van der Waals surface area (Å²) in [4.78, 5) is 24.6. The van der Waals surface area contributed by atoms with Gasteiger partial charge in [-0.05, 0) is 24.0 Å². The van der Waals surface area contributed by atoms with Gasteiger partial charge in [0.2, 0.25) is 5.91 Å². The molecule has 3 atom stereocenters. The lowest BCUT2D eigenvalue weighted by molar-refractivity contribution is -0.143. The van der Waals surface area contributed by atoms with Crippen molar-refractivity contribution in [1.29, 1.82) is 0 Å². The van der Waals surface area contributed by atoms with E-state index < -0.39 is 12.0 Å². The molecule has 1 aliphatic rings. The summed E-state index contributed by atoms with van der Waals surface area (Å²) < 4.78 is 0. The van der Waals surface area contributed by atoms with Crippen molar-refractivity contribution in [2.24, 2.45) is 5.92 Å². The summed E-state index contributed by atoms with van der Waals surface area (Å²) in [6.07, 6.45) is 1.38. The molecular formula is C15H19NO3S. The Balaban J connectivity index is 2.01. The monoisotopic (exact) mass is 293 g/mol. The van der Waals surface area contributed by atoms with Gasteiger partial charge in [-0.3, -0.25) is 4.79 Å². The van der Waals surface area contributed by atoms with E-state index in [2.05, 4.69) is 5.32 Å². The summed E-state index contributed by atoms with van der Waals surface area (Å²) >= 11 is 1.51. The fourth-order valence-electron chi connectivity index (χ4n) is 2.26. The van der Waals surface area contributed by atoms with Crippen LogP contribution in [-0.2, 0) is 16.0 Å². The summed E-state index contributed by atoms with van der Waals surface area (Å²) in [5.41, 5.74) is 1.16. The molecule has 1 aromatic carbocycles. The number of thioether (sulfide) groups is 1. The lowest BCUT2D eigenvalue weighted by Crippen LogP contribution is -2.48. The third-order valence-corrected chi connectivity index (χ3v) is 5.03.